The van der Waals surface area contributed by atoms with Gasteiger partial charge in [-0.15, -0.1) is 0 Å². The van der Waals surface area contributed by atoms with Gasteiger partial charge in [-0.25, -0.2) is 15.0 Å². The molecule has 0 bridgehead atoms. The van der Waals surface area contributed by atoms with Gasteiger partial charge in [0.25, 0.3) is 0 Å². The van der Waals surface area contributed by atoms with E-state index < -0.39 is 0 Å². The molecule has 62 heavy (non-hydrogen) atoms. The fourth-order valence-corrected chi connectivity index (χ4v) is 7.79. The van der Waals surface area contributed by atoms with Gasteiger partial charge in [-0.05, 0) is 71.6 Å². The highest BCUT2D eigenvalue weighted by Gasteiger charge is 2.25. The van der Waals surface area contributed by atoms with E-state index in [4.69, 9.17) is 19.4 Å². The molecule has 9 aromatic rings. The molecule has 0 unspecified atom stereocenters. The van der Waals surface area contributed by atoms with Gasteiger partial charge in [0.2, 0.25) is 0 Å². The molecule has 5 nitrogen and oxygen atoms in total. The fraction of sp³-hybridized carbons (Fsp3) is 0.0351. The van der Waals surface area contributed by atoms with Gasteiger partial charge in [0.05, 0.1) is 16.8 Å². The molecular formula is C57H44N4O. The second-order valence-corrected chi connectivity index (χ2v) is 14.7. The highest BCUT2D eigenvalue weighted by molar-refractivity contribution is 6.14. The van der Waals surface area contributed by atoms with E-state index in [0.717, 1.165) is 77.9 Å². The molecule has 0 aliphatic heterocycles. The summed E-state index contributed by atoms with van der Waals surface area (Å²) in [5, 5.41) is 2.08. The van der Waals surface area contributed by atoms with Crippen molar-refractivity contribution in [3.05, 3.63) is 236 Å². The molecule has 0 saturated carbocycles. The van der Waals surface area contributed by atoms with Gasteiger partial charge in [0, 0.05) is 34.2 Å². The molecule has 2 heterocycles. The molecule has 7 aromatic carbocycles. The van der Waals surface area contributed by atoms with Crippen LogP contribution < -0.4 is 4.90 Å². The number of furan rings is 1. The van der Waals surface area contributed by atoms with E-state index >= 15 is 0 Å². The third-order valence-corrected chi connectivity index (χ3v) is 10.6. The Hall–Kier alpha value is -8.15. The highest BCUT2D eigenvalue weighted by Crippen LogP contribution is 2.48. The lowest BCUT2D eigenvalue weighted by molar-refractivity contribution is 0.669. The molecule has 0 spiro atoms. The van der Waals surface area contributed by atoms with Crippen LogP contribution in [0.25, 0.3) is 73.0 Å². The van der Waals surface area contributed by atoms with Crippen LogP contribution in [0.2, 0.25) is 0 Å². The smallest absolute Gasteiger partial charge is 0.163 e. The number of aromatic nitrogens is 3. The summed E-state index contributed by atoms with van der Waals surface area (Å²) in [6.45, 7) is 5.92. The first kappa shape index (κ1) is 39.3. The molecule has 9 rings (SSSR count). The van der Waals surface area contributed by atoms with E-state index in [1.807, 2.05) is 61.6 Å². The number of rotatable bonds is 13. The maximum Gasteiger partial charge on any atom is 0.163 e. The number of hydrogen-bond acceptors (Lipinski definition) is 5. The van der Waals surface area contributed by atoms with Crippen LogP contribution in [-0.4, -0.2) is 15.0 Å². The number of benzene rings is 7. The zero-order valence-corrected chi connectivity index (χ0v) is 34.5. The number of para-hydroxylation sites is 2. The lowest BCUT2D eigenvalue weighted by Gasteiger charge is -2.30. The molecule has 0 aliphatic carbocycles. The Bertz CT molecular complexity index is 3110. The van der Waals surface area contributed by atoms with Crippen molar-refractivity contribution in [3.63, 3.8) is 0 Å². The molecule has 2 aromatic heterocycles. The van der Waals surface area contributed by atoms with E-state index in [-0.39, 0.29) is 0 Å². The van der Waals surface area contributed by atoms with Gasteiger partial charge in [0.15, 0.2) is 11.6 Å². The largest absolute Gasteiger partial charge is 0.456 e. The molecule has 0 aliphatic rings. The van der Waals surface area contributed by atoms with Crippen LogP contribution in [0.4, 0.5) is 17.1 Å². The average molecular weight is 801 g/mol. The van der Waals surface area contributed by atoms with Crippen LogP contribution in [0.15, 0.2) is 229 Å². The van der Waals surface area contributed by atoms with E-state index in [9.17, 15) is 0 Å². The molecule has 0 N–H and O–H groups in total. The first-order chi connectivity index (χ1) is 30.7. The number of hydrogen-bond donors (Lipinski definition) is 0. The Labute approximate surface area is 362 Å². The summed E-state index contributed by atoms with van der Waals surface area (Å²) < 4.78 is 6.47. The third kappa shape index (κ3) is 8.33. The number of allylic oxidation sites excluding steroid dienone is 8. The maximum absolute atomic E-state index is 6.47. The van der Waals surface area contributed by atoms with Crippen LogP contribution in [0.3, 0.4) is 0 Å². The van der Waals surface area contributed by atoms with Crippen molar-refractivity contribution in [3.8, 4) is 45.0 Å². The van der Waals surface area contributed by atoms with Gasteiger partial charge < -0.3 is 9.32 Å². The van der Waals surface area contributed by atoms with Crippen LogP contribution in [0.1, 0.15) is 18.3 Å². The van der Waals surface area contributed by atoms with Gasteiger partial charge in [0.1, 0.15) is 17.0 Å². The Morgan fingerprint density at radius 3 is 1.94 bits per heavy atom. The van der Waals surface area contributed by atoms with Gasteiger partial charge in [-0.3, -0.25) is 0 Å². The van der Waals surface area contributed by atoms with Crippen LogP contribution in [-0.2, 0) is 6.42 Å². The summed E-state index contributed by atoms with van der Waals surface area (Å²) in [5.41, 5.74) is 11.7. The zero-order valence-electron chi connectivity index (χ0n) is 34.5. The van der Waals surface area contributed by atoms with Crippen molar-refractivity contribution < 1.29 is 4.42 Å². The van der Waals surface area contributed by atoms with Crippen molar-refractivity contribution in [1.82, 2.24) is 15.0 Å². The standard InChI is InChI=1S/C57H44N4O/c1-3-5-7-12-27-45-39-46(57-59-53(34-19-8-6-4-2)58-56(60-57)44-37-35-42(36-38-44)41-23-13-9-14-24-41)40-49(43-25-15-10-16-26-43)55(45)61(47-28-17-11-18-29-47)50-31-22-33-52-54(50)48-30-20-21-32-51(48)62-52/h3-33,35-40H,1,34H2,2H3/b6-4-,7-5-,19-8-,27-12+. The van der Waals surface area contributed by atoms with Crippen molar-refractivity contribution in [1.29, 1.82) is 0 Å². The maximum atomic E-state index is 6.47. The van der Waals surface area contributed by atoms with Gasteiger partial charge in [-0.2, -0.15) is 0 Å². The minimum atomic E-state index is 0.544. The second-order valence-electron chi connectivity index (χ2n) is 14.7. The van der Waals surface area contributed by atoms with E-state index in [1.54, 1.807) is 6.08 Å². The minimum Gasteiger partial charge on any atom is -0.456 e. The Kier molecular flexibility index (Phi) is 11.7. The van der Waals surface area contributed by atoms with Crippen molar-refractivity contribution in [2.24, 2.45) is 0 Å². The Morgan fingerprint density at radius 1 is 0.548 bits per heavy atom. The molecule has 0 atom stereocenters. The molecule has 0 saturated heterocycles. The summed E-state index contributed by atoms with van der Waals surface area (Å²) in [7, 11) is 0. The quantitative estimate of drug-likeness (QED) is 0.109. The fourth-order valence-electron chi connectivity index (χ4n) is 7.79. The van der Waals surface area contributed by atoms with Crippen molar-refractivity contribution in [2.45, 2.75) is 13.3 Å². The Morgan fingerprint density at radius 2 is 1.19 bits per heavy atom. The molecule has 298 valence electrons. The third-order valence-electron chi connectivity index (χ3n) is 10.6. The van der Waals surface area contributed by atoms with Crippen LogP contribution in [0, 0.1) is 0 Å². The minimum absolute atomic E-state index is 0.544. The highest BCUT2D eigenvalue weighted by atomic mass is 16.3. The first-order valence-corrected chi connectivity index (χ1v) is 20.8. The van der Waals surface area contributed by atoms with Gasteiger partial charge >= 0.3 is 0 Å². The first-order valence-electron chi connectivity index (χ1n) is 20.8. The lowest BCUT2D eigenvalue weighted by atomic mass is 9.94. The summed E-state index contributed by atoms with van der Waals surface area (Å²) in [5.74, 6) is 1.88. The number of nitrogens with zero attached hydrogens (tertiary/aromatic N) is 4. The van der Waals surface area contributed by atoms with Crippen LogP contribution >= 0.6 is 0 Å². The van der Waals surface area contributed by atoms with E-state index in [0.29, 0.717) is 23.9 Å². The molecule has 0 radical (unpaired) electrons. The monoisotopic (exact) mass is 800 g/mol. The average Bonchev–Trinajstić information content (AvgIpc) is 3.72. The van der Waals surface area contributed by atoms with Gasteiger partial charge in [-0.1, -0.05) is 189 Å². The van der Waals surface area contributed by atoms with Crippen molar-refractivity contribution in [2.75, 3.05) is 4.90 Å². The zero-order chi connectivity index (χ0) is 42.1. The molecular weight excluding hydrogens is 757 g/mol. The summed E-state index contributed by atoms with van der Waals surface area (Å²) in [6.07, 6.45) is 18.6. The molecule has 0 amide bonds. The predicted octanol–water partition coefficient (Wildman–Crippen LogP) is 15.3. The summed E-state index contributed by atoms with van der Waals surface area (Å²) in [6, 6.07) is 58.9. The van der Waals surface area contributed by atoms with E-state index in [1.165, 1.54) is 0 Å². The summed E-state index contributed by atoms with van der Waals surface area (Å²) >= 11 is 0. The Balaban J connectivity index is 1.30. The predicted molar refractivity (Wildman–Crippen MR) is 260 cm³/mol. The summed E-state index contributed by atoms with van der Waals surface area (Å²) in [4.78, 5) is 17.8. The number of anilines is 3. The topological polar surface area (TPSA) is 55.1 Å². The lowest BCUT2D eigenvalue weighted by Crippen LogP contribution is -2.13. The molecule has 5 heteroatoms. The molecule has 0 fully saturated rings. The van der Waals surface area contributed by atoms with Crippen LogP contribution in [0.5, 0.6) is 0 Å². The van der Waals surface area contributed by atoms with Crippen molar-refractivity contribution >= 4 is 45.1 Å². The SMILES string of the molecule is C=C/C=C\C=C\c1cc(-c2nc(C/C=C\C=C/C)nc(-c3ccc(-c4ccccc4)cc3)n2)cc(-c2ccccc2)c1N(c1ccccc1)c1cccc2oc3ccccc3c12. The number of fused-ring (bicyclic) bond motifs is 3. The second kappa shape index (κ2) is 18.4. The van der Waals surface area contributed by atoms with E-state index in [2.05, 4.69) is 175 Å². The normalized spacial score (nSPS) is 11.8.